The molecule has 0 fully saturated rings. The standard InChI is InChI=1S/C14H21NO3/c1-10-9-11(5-6-12(10)18-4)15-8-7-14(2,3)13(16)17/h5-6,9,15H,7-8H2,1-4H3,(H,16,17). The van der Waals surface area contributed by atoms with Crippen LogP contribution in [0.15, 0.2) is 18.2 Å². The maximum atomic E-state index is 11.0. The van der Waals surface area contributed by atoms with Crippen molar-refractivity contribution >= 4 is 11.7 Å². The monoisotopic (exact) mass is 251 g/mol. The highest BCUT2D eigenvalue weighted by Crippen LogP contribution is 2.23. The number of hydrogen-bond acceptors (Lipinski definition) is 3. The lowest BCUT2D eigenvalue weighted by Gasteiger charge is -2.19. The van der Waals surface area contributed by atoms with Crippen molar-refractivity contribution in [2.45, 2.75) is 27.2 Å². The first-order valence-corrected chi connectivity index (χ1v) is 5.99. The Morgan fingerprint density at radius 1 is 1.44 bits per heavy atom. The predicted molar refractivity (Wildman–Crippen MR) is 72.3 cm³/mol. The van der Waals surface area contributed by atoms with Crippen molar-refractivity contribution in [2.24, 2.45) is 5.41 Å². The first-order chi connectivity index (χ1) is 8.36. The van der Waals surface area contributed by atoms with Crippen LogP contribution in [0, 0.1) is 12.3 Å². The Kier molecular flexibility index (Phi) is 4.59. The molecule has 1 aromatic carbocycles. The van der Waals surface area contributed by atoms with Crippen molar-refractivity contribution in [1.82, 2.24) is 0 Å². The molecule has 0 bridgehead atoms. The summed E-state index contributed by atoms with van der Waals surface area (Å²) < 4.78 is 5.18. The molecule has 0 heterocycles. The molecule has 4 heteroatoms. The lowest BCUT2D eigenvalue weighted by molar-refractivity contribution is -0.147. The second-order valence-corrected chi connectivity index (χ2v) is 5.05. The second kappa shape index (κ2) is 5.76. The molecule has 2 N–H and O–H groups in total. The van der Waals surface area contributed by atoms with Crippen LogP contribution in [-0.4, -0.2) is 24.7 Å². The van der Waals surface area contributed by atoms with E-state index in [-0.39, 0.29) is 0 Å². The van der Waals surface area contributed by atoms with Crippen molar-refractivity contribution in [3.8, 4) is 5.75 Å². The van der Waals surface area contributed by atoms with Gasteiger partial charge in [0.05, 0.1) is 12.5 Å². The number of hydrogen-bond donors (Lipinski definition) is 2. The predicted octanol–water partition coefficient (Wildman–Crippen LogP) is 2.92. The van der Waals surface area contributed by atoms with Crippen LogP contribution in [0.1, 0.15) is 25.8 Å². The van der Waals surface area contributed by atoms with Gasteiger partial charge in [0.15, 0.2) is 0 Å². The summed E-state index contributed by atoms with van der Waals surface area (Å²) in [7, 11) is 1.64. The van der Waals surface area contributed by atoms with Gasteiger partial charge in [-0.05, 0) is 51.0 Å². The highest BCUT2D eigenvalue weighted by Gasteiger charge is 2.26. The minimum atomic E-state index is -0.768. The Hall–Kier alpha value is -1.71. The average Bonchev–Trinajstić information content (AvgIpc) is 2.29. The van der Waals surface area contributed by atoms with Gasteiger partial charge in [-0.15, -0.1) is 0 Å². The van der Waals surface area contributed by atoms with Gasteiger partial charge in [-0.2, -0.15) is 0 Å². The summed E-state index contributed by atoms with van der Waals surface area (Å²) in [6, 6.07) is 5.83. The van der Waals surface area contributed by atoms with Gasteiger partial charge in [0.1, 0.15) is 5.75 Å². The van der Waals surface area contributed by atoms with Crippen LogP contribution in [0.4, 0.5) is 5.69 Å². The van der Waals surface area contributed by atoms with Gasteiger partial charge in [-0.1, -0.05) is 0 Å². The third-order valence-corrected chi connectivity index (χ3v) is 3.05. The molecule has 0 aliphatic carbocycles. The van der Waals surface area contributed by atoms with Gasteiger partial charge in [0.2, 0.25) is 0 Å². The highest BCUT2D eigenvalue weighted by molar-refractivity contribution is 5.73. The van der Waals surface area contributed by atoms with E-state index in [1.165, 1.54) is 0 Å². The number of aliphatic carboxylic acids is 1. The number of benzene rings is 1. The number of aryl methyl sites for hydroxylation is 1. The molecular weight excluding hydrogens is 230 g/mol. The van der Waals surface area contributed by atoms with Crippen LogP contribution in [0.3, 0.4) is 0 Å². The summed E-state index contributed by atoms with van der Waals surface area (Å²) in [6.45, 7) is 6.07. The van der Waals surface area contributed by atoms with E-state index < -0.39 is 11.4 Å². The van der Waals surface area contributed by atoms with E-state index in [2.05, 4.69) is 5.32 Å². The van der Waals surface area contributed by atoms with E-state index in [4.69, 9.17) is 9.84 Å². The summed E-state index contributed by atoms with van der Waals surface area (Å²) in [6.07, 6.45) is 0.577. The van der Waals surface area contributed by atoms with E-state index in [1.807, 2.05) is 25.1 Å². The van der Waals surface area contributed by atoms with Gasteiger partial charge in [-0.25, -0.2) is 0 Å². The Balaban J connectivity index is 2.55. The van der Waals surface area contributed by atoms with Gasteiger partial charge >= 0.3 is 5.97 Å². The molecule has 1 aromatic rings. The van der Waals surface area contributed by atoms with Crippen LogP contribution in [0.2, 0.25) is 0 Å². The Labute approximate surface area is 108 Å². The first-order valence-electron chi connectivity index (χ1n) is 5.99. The Morgan fingerprint density at radius 2 is 2.11 bits per heavy atom. The summed E-state index contributed by atoms with van der Waals surface area (Å²) in [5.41, 5.74) is 1.34. The van der Waals surface area contributed by atoms with Gasteiger partial charge in [-0.3, -0.25) is 4.79 Å². The van der Waals surface area contributed by atoms with Crippen molar-refractivity contribution in [3.63, 3.8) is 0 Å². The van der Waals surface area contributed by atoms with Crippen molar-refractivity contribution < 1.29 is 14.6 Å². The molecular formula is C14H21NO3. The molecule has 100 valence electrons. The first kappa shape index (κ1) is 14.4. The zero-order chi connectivity index (χ0) is 13.8. The maximum absolute atomic E-state index is 11.0. The average molecular weight is 251 g/mol. The lowest BCUT2D eigenvalue weighted by atomic mass is 9.90. The molecule has 0 atom stereocenters. The molecule has 0 amide bonds. The van der Waals surface area contributed by atoms with Crippen LogP contribution in [-0.2, 0) is 4.79 Å². The fourth-order valence-corrected chi connectivity index (χ4v) is 1.61. The summed E-state index contributed by atoms with van der Waals surface area (Å²) in [5.74, 6) is 0.0848. The van der Waals surface area contributed by atoms with Crippen LogP contribution in [0.5, 0.6) is 5.75 Å². The zero-order valence-corrected chi connectivity index (χ0v) is 11.4. The Bertz CT molecular complexity index is 427. The number of methoxy groups -OCH3 is 1. The maximum Gasteiger partial charge on any atom is 0.309 e. The number of anilines is 1. The number of ether oxygens (including phenoxy) is 1. The van der Waals surface area contributed by atoms with Gasteiger partial charge < -0.3 is 15.2 Å². The van der Waals surface area contributed by atoms with Gasteiger partial charge in [0.25, 0.3) is 0 Å². The molecule has 0 saturated carbocycles. The molecule has 18 heavy (non-hydrogen) atoms. The third kappa shape index (κ3) is 3.65. The van der Waals surface area contributed by atoms with E-state index in [0.29, 0.717) is 13.0 Å². The quantitative estimate of drug-likeness (QED) is 0.816. The molecule has 0 radical (unpaired) electrons. The number of nitrogens with one attached hydrogen (secondary N) is 1. The van der Waals surface area contributed by atoms with Gasteiger partial charge in [0, 0.05) is 12.2 Å². The zero-order valence-electron chi connectivity index (χ0n) is 11.4. The minimum Gasteiger partial charge on any atom is -0.496 e. The summed E-state index contributed by atoms with van der Waals surface area (Å²) >= 11 is 0. The van der Waals surface area contributed by atoms with Crippen LogP contribution < -0.4 is 10.1 Å². The number of carbonyl (C=O) groups is 1. The number of carboxylic acid groups (broad SMARTS) is 1. The fourth-order valence-electron chi connectivity index (χ4n) is 1.61. The summed E-state index contributed by atoms with van der Waals surface area (Å²) in [4.78, 5) is 11.0. The normalized spacial score (nSPS) is 11.1. The molecule has 4 nitrogen and oxygen atoms in total. The van der Waals surface area contributed by atoms with E-state index in [0.717, 1.165) is 17.0 Å². The van der Waals surface area contributed by atoms with E-state index >= 15 is 0 Å². The highest BCUT2D eigenvalue weighted by atomic mass is 16.5. The number of carboxylic acids is 1. The molecule has 0 aliphatic heterocycles. The third-order valence-electron chi connectivity index (χ3n) is 3.05. The fraction of sp³-hybridized carbons (Fsp3) is 0.500. The van der Waals surface area contributed by atoms with Crippen LogP contribution >= 0.6 is 0 Å². The SMILES string of the molecule is COc1ccc(NCCC(C)(C)C(=O)O)cc1C. The molecule has 0 aromatic heterocycles. The molecule has 0 saturated heterocycles. The molecule has 0 spiro atoms. The topological polar surface area (TPSA) is 58.6 Å². The van der Waals surface area contributed by atoms with E-state index in [9.17, 15) is 4.79 Å². The molecule has 1 rings (SSSR count). The van der Waals surface area contributed by atoms with E-state index in [1.54, 1.807) is 21.0 Å². The second-order valence-electron chi connectivity index (χ2n) is 5.05. The lowest BCUT2D eigenvalue weighted by Crippen LogP contribution is -2.26. The smallest absolute Gasteiger partial charge is 0.309 e. The Morgan fingerprint density at radius 3 is 2.61 bits per heavy atom. The van der Waals surface area contributed by atoms with Crippen LogP contribution in [0.25, 0.3) is 0 Å². The van der Waals surface area contributed by atoms with Crippen molar-refractivity contribution in [2.75, 3.05) is 19.0 Å². The molecule has 0 unspecified atom stereocenters. The summed E-state index contributed by atoms with van der Waals surface area (Å²) in [5, 5.41) is 12.2. The molecule has 0 aliphatic rings. The van der Waals surface area contributed by atoms with Crippen molar-refractivity contribution in [1.29, 1.82) is 0 Å². The largest absolute Gasteiger partial charge is 0.496 e. The van der Waals surface area contributed by atoms with Crippen molar-refractivity contribution in [3.05, 3.63) is 23.8 Å². The minimum absolute atomic E-state index is 0.577. The number of rotatable bonds is 6.